The highest BCUT2D eigenvalue weighted by Crippen LogP contribution is 2.30. The summed E-state index contributed by atoms with van der Waals surface area (Å²) in [5, 5.41) is 14.4. The summed E-state index contributed by atoms with van der Waals surface area (Å²) in [4.78, 5) is 15.1. The number of carbonyl (C=O) groups excluding carboxylic acids is 1. The van der Waals surface area contributed by atoms with Gasteiger partial charge in [0.05, 0.1) is 11.2 Å². The number of aliphatic hydroxyl groups is 1. The van der Waals surface area contributed by atoms with E-state index in [9.17, 15) is 9.90 Å². The average Bonchev–Trinajstić information content (AvgIpc) is 3.09. The van der Waals surface area contributed by atoms with Gasteiger partial charge in [0.15, 0.2) is 0 Å². The first-order valence-corrected chi connectivity index (χ1v) is 10.3. The van der Waals surface area contributed by atoms with Crippen LogP contribution >= 0.6 is 0 Å². The lowest BCUT2D eigenvalue weighted by atomic mass is 9.91. The van der Waals surface area contributed by atoms with Crippen molar-refractivity contribution in [3.8, 4) is 5.75 Å². The largest absolute Gasteiger partial charge is 0.489 e. The molecule has 1 amide bonds. The fraction of sp³-hybridized carbons (Fsp3) is 0.375. The van der Waals surface area contributed by atoms with E-state index >= 15 is 0 Å². The van der Waals surface area contributed by atoms with Crippen molar-refractivity contribution in [2.24, 2.45) is 0 Å². The summed E-state index contributed by atoms with van der Waals surface area (Å²) in [5.74, 6) is 0.993. The van der Waals surface area contributed by atoms with Crippen molar-refractivity contribution in [1.29, 1.82) is 0 Å². The quantitative estimate of drug-likeness (QED) is 0.653. The van der Waals surface area contributed by atoms with Crippen molar-refractivity contribution in [1.82, 2.24) is 10.2 Å². The minimum absolute atomic E-state index is 0.232. The molecule has 0 saturated carbocycles. The van der Waals surface area contributed by atoms with E-state index in [1.54, 1.807) is 6.92 Å². The molecule has 0 atom stereocenters. The molecular formula is C24H28N2O4. The lowest BCUT2D eigenvalue weighted by molar-refractivity contribution is -0.0135. The van der Waals surface area contributed by atoms with Gasteiger partial charge in [-0.2, -0.15) is 0 Å². The second-order valence-corrected chi connectivity index (χ2v) is 8.18. The van der Waals surface area contributed by atoms with Crippen LogP contribution in [0, 0.1) is 6.92 Å². The van der Waals surface area contributed by atoms with E-state index in [1.807, 2.05) is 55.6 Å². The first-order valence-electron chi connectivity index (χ1n) is 10.3. The molecule has 30 heavy (non-hydrogen) atoms. The summed E-state index contributed by atoms with van der Waals surface area (Å²) in [6, 6.07) is 15.4. The van der Waals surface area contributed by atoms with Crippen molar-refractivity contribution in [2.75, 3.05) is 26.7 Å². The summed E-state index contributed by atoms with van der Waals surface area (Å²) < 4.78 is 11.7. The van der Waals surface area contributed by atoms with Crippen LogP contribution < -0.4 is 10.1 Å². The average molecular weight is 408 g/mol. The Morgan fingerprint density at radius 2 is 1.93 bits per heavy atom. The van der Waals surface area contributed by atoms with Gasteiger partial charge in [0.2, 0.25) is 0 Å². The molecule has 1 aliphatic rings. The summed E-state index contributed by atoms with van der Waals surface area (Å²) in [5.41, 5.74) is 1.35. The third-order valence-electron chi connectivity index (χ3n) is 5.81. The highest BCUT2D eigenvalue weighted by Gasteiger charge is 2.32. The summed E-state index contributed by atoms with van der Waals surface area (Å²) in [6.45, 7) is 4.11. The van der Waals surface area contributed by atoms with Gasteiger partial charge >= 0.3 is 0 Å². The molecular weight excluding hydrogens is 380 g/mol. The molecule has 158 valence electrons. The first kappa shape index (κ1) is 20.4. The molecule has 6 nitrogen and oxygen atoms in total. The SMILES string of the molecule is Cc1oc2ccc(OCc3ccccc3)cc2c1C(=O)NCC1(O)CCN(C)CC1. The van der Waals surface area contributed by atoms with Crippen molar-refractivity contribution in [3.05, 3.63) is 65.4 Å². The number of ether oxygens (including phenoxy) is 1. The van der Waals surface area contributed by atoms with Gasteiger partial charge in [-0.3, -0.25) is 4.79 Å². The maximum Gasteiger partial charge on any atom is 0.255 e. The van der Waals surface area contributed by atoms with Crippen molar-refractivity contribution < 1.29 is 19.1 Å². The van der Waals surface area contributed by atoms with Crippen molar-refractivity contribution >= 4 is 16.9 Å². The van der Waals surface area contributed by atoms with E-state index in [4.69, 9.17) is 9.15 Å². The van der Waals surface area contributed by atoms with Crippen molar-refractivity contribution in [3.63, 3.8) is 0 Å². The Morgan fingerprint density at radius 1 is 1.20 bits per heavy atom. The van der Waals surface area contributed by atoms with Gasteiger partial charge in [-0.05, 0) is 50.6 Å². The Kier molecular flexibility index (Phi) is 5.79. The van der Waals surface area contributed by atoms with E-state index in [2.05, 4.69) is 10.2 Å². The summed E-state index contributed by atoms with van der Waals surface area (Å²) in [7, 11) is 2.04. The Hall–Kier alpha value is -2.83. The zero-order chi connectivity index (χ0) is 21.1. The van der Waals surface area contributed by atoms with Crippen LogP contribution in [-0.2, 0) is 6.61 Å². The fourth-order valence-corrected chi connectivity index (χ4v) is 3.86. The lowest BCUT2D eigenvalue weighted by Gasteiger charge is -2.36. The van der Waals surface area contributed by atoms with E-state index in [0.717, 1.165) is 18.7 Å². The number of piperidine rings is 1. The molecule has 1 aliphatic heterocycles. The highest BCUT2D eigenvalue weighted by atomic mass is 16.5. The van der Waals surface area contributed by atoms with E-state index < -0.39 is 5.60 Å². The minimum Gasteiger partial charge on any atom is -0.489 e. The molecule has 0 bridgehead atoms. The molecule has 2 aromatic carbocycles. The predicted molar refractivity (Wildman–Crippen MR) is 116 cm³/mol. The number of amides is 1. The minimum atomic E-state index is -0.862. The van der Waals surface area contributed by atoms with E-state index in [-0.39, 0.29) is 12.5 Å². The normalized spacial score (nSPS) is 16.5. The second-order valence-electron chi connectivity index (χ2n) is 8.18. The Labute approximate surface area is 176 Å². The molecule has 4 rings (SSSR count). The molecule has 2 heterocycles. The smallest absolute Gasteiger partial charge is 0.255 e. The van der Waals surface area contributed by atoms with Gasteiger partial charge in [0, 0.05) is 25.0 Å². The van der Waals surface area contributed by atoms with Gasteiger partial charge in [-0.25, -0.2) is 0 Å². The number of fused-ring (bicyclic) bond motifs is 1. The topological polar surface area (TPSA) is 74.9 Å². The molecule has 1 saturated heterocycles. The molecule has 0 unspecified atom stereocenters. The van der Waals surface area contributed by atoms with Gasteiger partial charge in [0.1, 0.15) is 23.7 Å². The second kappa shape index (κ2) is 8.50. The van der Waals surface area contributed by atoms with Crippen LogP contribution in [-0.4, -0.2) is 48.2 Å². The third-order valence-corrected chi connectivity index (χ3v) is 5.81. The highest BCUT2D eigenvalue weighted by molar-refractivity contribution is 6.07. The summed E-state index contributed by atoms with van der Waals surface area (Å²) >= 11 is 0. The molecule has 1 aromatic heterocycles. The number of carbonyl (C=O) groups is 1. The lowest BCUT2D eigenvalue weighted by Crippen LogP contribution is -2.50. The molecule has 0 radical (unpaired) electrons. The number of hydrogen-bond acceptors (Lipinski definition) is 5. The Balaban J connectivity index is 1.48. The number of rotatable bonds is 6. The fourth-order valence-electron chi connectivity index (χ4n) is 3.86. The molecule has 2 N–H and O–H groups in total. The van der Waals surface area contributed by atoms with E-state index in [1.165, 1.54) is 0 Å². The molecule has 0 aliphatic carbocycles. The number of nitrogens with zero attached hydrogens (tertiary/aromatic N) is 1. The number of aryl methyl sites for hydroxylation is 1. The molecule has 3 aromatic rings. The monoisotopic (exact) mass is 408 g/mol. The van der Waals surface area contributed by atoms with Crippen LogP contribution in [0.2, 0.25) is 0 Å². The Bertz CT molecular complexity index is 1020. The van der Waals surface area contributed by atoms with Crippen LogP contribution in [0.4, 0.5) is 0 Å². The first-order chi connectivity index (χ1) is 14.4. The van der Waals surface area contributed by atoms with Crippen LogP contribution in [0.3, 0.4) is 0 Å². The van der Waals surface area contributed by atoms with Gasteiger partial charge < -0.3 is 24.5 Å². The van der Waals surface area contributed by atoms with Crippen LogP contribution in [0.5, 0.6) is 5.75 Å². The third kappa shape index (κ3) is 4.50. The number of benzene rings is 2. The van der Waals surface area contributed by atoms with Crippen molar-refractivity contribution in [2.45, 2.75) is 32.0 Å². The predicted octanol–water partition coefficient (Wildman–Crippen LogP) is 3.51. The zero-order valence-corrected chi connectivity index (χ0v) is 17.5. The zero-order valence-electron chi connectivity index (χ0n) is 17.5. The van der Waals surface area contributed by atoms with Gasteiger partial charge in [-0.1, -0.05) is 30.3 Å². The standard InChI is InChI=1S/C24H28N2O4/c1-17-22(23(27)25-16-24(28)10-12-26(2)13-11-24)20-14-19(8-9-21(20)30-17)29-15-18-6-4-3-5-7-18/h3-9,14,28H,10-13,15-16H2,1-2H3,(H,25,27). The van der Waals surface area contributed by atoms with Crippen LogP contribution in [0.15, 0.2) is 52.9 Å². The maximum atomic E-state index is 12.9. The van der Waals surface area contributed by atoms with Crippen LogP contribution in [0.25, 0.3) is 11.0 Å². The molecule has 1 fully saturated rings. The van der Waals surface area contributed by atoms with Crippen LogP contribution in [0.1, 0.15) is 34.5 Å². The van der Waals surface area contributed by atoms with Gasteiger partial charge in [0.25, 0.3) is 5.91 Å². The maximum absolute atomic E-state index is 12.9. The van der Waals surface area contributed by atoms with E-state index in [0.29, 0.717) is 47.5 Å². The number of hydrogen-bond donors (Lipinski definition) is 2. The number of furan rings is 1. The Morgan fingerprint density at radius 3 is 2.67 bits per heavy atom. The molecule has 0 spiro atoms. The number of likely N-dealkylation sites (tertiary alicyclic amines) is 1. The molecule has 6 heteroatoms. The number of nitrogens with one attached hydrogen (secondary N) is 1. The van der Waals surface area contributed by atoms with Gasteiger partial charge in [-0.15, -0.1) is 0 Å². The summed E-state index contributed by atoms with van der Waals surface area (Å²) in [6.07, 6.45) is 1.29.